The van der Waals surface area contributed by atoms with Gasteiger partial charge in [0, 0.05) is 55.9 Å². The van der Waals surface area contributed by atoms with Crippen LogP contribution in [0.2, 0.25) is 0 Å². The quantitative estimate of drug-likeness (QED) is 0.204. The average molecular weight is 738 g/mol. The van der Waals surface area contributed by atoms with E-state index in [9.17, 15) is 19.2 Å². The first kappa shape index (κ1) is 41.3. The van der Waals surface area contributed by atoms with Crippen molar-refractivity contribution in [1.29, 1.82) is 0 Å². The molecule has 4 aromatic rings. The third-order valence-corrected chi connectivity index (χ3v) is 9.50. The Morgan fingerprint density at radius 3 is 2.15 bits per heavy atom. The highest BCUT2D eigenvalue weighted by Crippen LogP contribution is 2.37. The molecule has 2 aliphatic heterocycles. The van der Waals surface area contributed by atoms with Gasteiger partial charge in [0.25, 0.3) is 11.8 Å². The molecule has 3 heterocycles. The van der Waals surface area contributed by atoms with E-state index in [1.165, 1.54) is 32.6 Å². The Hall–Kier alpha value is -5.45. The maximum absolute atomic E-state index is 13.7. The van der Waals surface area contributed by atoms with Gasteiger partial charge in [-0.05, 0) is 80.1 Å². The summed E-state index contributed by atoms with van der Waals surface area (Å²) in [5, 5.41) is 6.07. The van der Waals surface area contributed by atoms with Crippen molar-refractivity contribution in [3.05, 3.63) is 102 Å². The number of carbonyl (C=O) groups excluding carboxylic acids is 4. The van der Waals surface area contributed by atoms with Gasteiger partial charge in [0.1, 0.15) is 0 Å². The normalized spacial score (nSPS) is 17.3. The van der Waals surface area contributed by atoms with E-state index in [0.717, 1.165) is 10.9 Å². The Bertz CT molecular complexity index is 1870. The van der Waals surface area contributed by atoms with E-state index in [-0.39, 0.29) is 54.7 Å². The largest absolute Gasteiger partial charge is 0.493 e. The van der Waals surface area contributed by atoms with Gasteiger partial charge in [0.2, 0.25) is 11.8 Å². The van der Waals surface area contributed by atoms with Crippen molar-refractivity contribution < 1.29 is 28.7 Å². The molecule has 0 bridgehead atoms. The van der Waals surface area contributed by atoms with E-state index in [1.807, 2.05) is 52.0 Å². The van der Waals surface area contributed by atoms with E-state index >= 15 is 0 Å². The van der Waals surface area contributed by atoms with Crippen molar-refractivity contribution in [3.8, 4) is 11.5 Å². The first-order valence-corrected chi connectivity index (χ1v) is 18.9. The highest BCUT2D eigenvalue weighted by atomic mass is 16.5. The van der Waals surface area contributed by atoms with Crippen LogP contribution >= 0.6 is 0 Å². The zero-order valence-corrected chi connectivity index (χ0v) is 32.6. The number of methoxy groups -OCH3 is 1. The molecule has 1 aromatic heterocycles. The van der Waals surface area contributed by atoms with Gasteiger partial charge < -0.3 is 29.9 Å². The smallest absolute Gasteiger partial charge is 0.254 e. The Kier molecular flexibility index (Phi) is 15.4. The Morgan fingerprint density at radius 1 is 0.833 bits per heavy atom. The molecule has 3 atom stereocenters. The van der Waals surface area contributed by atoms with Gasteiger partial charge in [-0.25, -0.2) is 0 Å². The number of rotatable bonds is 10. The van der Waals surface area contributed by atoms with E-state index in [1.54, 1.807) is 40.3 Å². The maximum atomic E-state index is 13.7. The van der Waals surface area contributed by atoms with E-state index in [4.69, 9.17) is 9.47 Å². The molecule has 0 radical (unpaired) electrons. The fourth-order valence-electron chi connectivity index (χ4n) is 6.93. The number of pyridine rings is 1. The molecule has 2 saturated heterocycles. The number of benzene rings is 3. The Labute approximate surface area is 319 Å². The molecule has 288 valence electrons. The van der Waals surface area contributed by atoms with Crippen molar-refractivity contribution >= 4 is 34.5 Å². The maximum Gasteiger partial charge on any atom is 0.254 e. The van der Waals surface area contributed by atoms with Crippen LogP contribution in [0.25, 0.3) is 10.9 Å². The number of aryl methyl sites for hydroxylation is 1. The van der Waals surface area contributed by atoms with Crippen LogP contribution in [0.5, 0.6) is 11.5 Å². The van der Waals surface area contributed by atoms with Gasteiger partial charge in [0.05, 0.1) is 31.2 Å². The van der Waals surface area contributed by atoms with Gasteiger partial charge in [-0.1, -0.05) is 63.6 Å². The average Bonchev–Trinajstić information content (AvgIpc) is 3.64. The molecule has 6 rings (SSSR count). The molecule has 3 unspecified atom stereocenters. The number of nitrogens with zero attached hydrogens (tertiary/aromatic N) is 3. The Balaban J connectivity index is 0.000000512. The van der Waals surface area contributed by atoms with E-state index in [0.29, 0.717) is 42.3 Å². The summed E-state index contributed by atoms with van der Waals surface area (Å²) >= 11 is 0. The number of carbonyl (C=O) groups is 4. The molecule has 0 saturated carbocycles. The molecule has 0 spiro atoms. The molecular weight excluding hydrogens is 683 g/mol. The lowest BCUT2D eigenvalue weighted by molar-refractivity contribution is -0.131. The van der Waals surface area contributed by atoms with Crippen LogP contribution in [0.1, 0.15) is 67.3 Å². The van der Waals surface area contributed by atoms with Crippen molar-refractivity contribution in [2.45, 2.75) is 53.6 Å². The van der Waals surface area contributed by atoms with Crippen molar-refractivity contribution in [3.63, 3.8) is 0 Å². The highest BCUT2D eigenvalue weighted by Gasteiger charge is 2.48. The highest BCUT2D eigenvalue weighted by molar-refractivity contribution is 5.99. The van der Waals surface area contributed by atoms with Gasteiger partial charge in [0.15, 0.2) is 11.5 Å². The summed E-state index contributed by atoms with van der Waals surface area (Å²) in [6.07, 6.45) is 4.10. The monoisotopic (exact) mass is 737 g/mol. The molecule has 2 fully saturated rings. The minimum atomic E-state index is -0.594. The van der Waals surface area contributed by atoms with E-state index in [2.05, 4.69) is 52.9 Å². The number of likely N-dealkylation sites (N-methyl/N-ethyl adjacent to an activating group) is 1. The summed E-state index contributed by atoms with van der Waals surface area (Å²) in [4.78, 5) is 60.4. The molecule has 54 heavy (non-hydrogen) atoms. The van der Waals surface area contributed by atoms with Crippen LogP contribution in [0, 0.1) is 17.8 Å². The summed E-state index contributed by atoms with van der Waals surface area (Å²) in [5.41, 5.74) is 3.18. The third-order valence-electron chi connectivity index (χ3n) is 9.50. The number of ether oxygens (including phenoxy) is 2. The SMILES string of the molecule is CC.CCCc1ccccc1.CNC(=O)CNC(=O)C1CN(C(=O)c2ccc3ncccc3c2)CC2CN(C(=O)c3ccc(OC(C)C)c(OC)c3)CC21. The van der Waals surface area contributed by atoms with Crippen LogP contribution < -0.4 is 20.1 Å². The lowest BCUT2D eigenvalue weighted by atomic mass is 9.79. The number of piperidine rings is 1. The zero-order valence-electron chi connectivity index (χ0n) is 32.6. The third kappa shape index (κ3) is 10.6. The van der Waals surface area contributed by atoms with Crippen molar-refractivity contribution in [2.24, 2.45) is 17.8 Å². The summed E-state index contributed by atoms with van der Waals surface area (Å²) in [7, 11) is 3.03. The fraction of sp³-hybridized carbons (Fsp3) is 0.419. The molecule has 11 nitrogen and oxygen atoms in total. The molecule has 2 aliphatic rings. The number of amides is 4. The number of nitrogens with one attached hydrogen (secondary N) is 2. The minimum Gasteiger partial charge on any atom is -0.493 e. The molecule has 0 aliphatic carbocycles. The summed E-state index contributed by atoms with van der Waals surface area (Å²) < 4.78 is 11.3. The molecule has 3 aromatic carbocycles. The van der Waals surface area contributed by atoms with Crippen molar-refractivity contribution in [2.75, 3.05) is 46.9 Å². The number of hydrogen-bond acceptors (Lipinski definition) is 7. The summed E-state index contributed by atoms with van der Waals surface area (Å²) in [6.45, 7) is 11.2. The second-order valence-electron chi connectivity index (χ2n) is 13.5. The minimum absolute atomic E-state index is 0.0550. The summed E-state index contributed by atoms with van der Waals surface area (Å²) in [5.74, 6) is -0.889. The van der Waals surface area contributed by atoms with Crippen LogP contribution in [0.3, 0.4) is 0 Å². The van der Waals surface area contributed by atoms with Crippen LogP contribution in [0.15, 0.2) is 85.1 Å². The van der Waals surface area contributed by atoms with Crippen LogP contribution in [0.4, 0.5) is 0 Å². The second-order valence-corrected chi connectivity index (χ2v) is 13.5. The molecule has 4 amide bonds. The number of fused-ring (bicyclic) bond motifs is 2. The first-order valence-electron chi connectivity index (χ1n) is 18.9. The van der Waals surface area contributed by atoms with E-state index < -0.39 is 5.92 Å². The predicted molar refractivity (Wildman–Crippen MR) is 212 cm³/mol. The molecular formula is C43H55N5O6. The lowest BCUT2D eigenvalue weighted by Gasteiger charge is -2.39. The van der Waals surface area contributed by atoms with Gasteiger partial charge in [-0.3, -0.25) is 24.2 Å². The molecule has 2 N–H and O–H groups in total. The van der Waals surface area contributed by atoms with Crippen LogP contribution in [-0.4, -0.2) is 91.4 Å². The van der Waals surface area contributed by atoms with Gasteiger partial charge in [-0.15, -0.1) is 0 Å². The lowest BCUT2D eigenvalue weighted by Crippen LogP contribution is -2.53. The second kappa shape index (κ2) is 20.1. The predicted octanol–water partition coefficient (Wildman–Crippen LogP) is 6.02. The number of likely N-dealkylation sites (tertiary alicyclic amines) is 2. The zero-order chi connectivity index (χ0) is 39.2. The Morgan fingerprint density at radius 2 is 1.50 bits per heavy atom. The first-order chi connectivity index (χ1) is 26.1. The van der Waals surface area contributed by atoms with Crippen LogP contribution in [-0.2, 0) is 16.0 Å². The van der Waals surface area contributed by atoms with Crippen molar-refractivity contribution in [1.82, 2.24) is 25.4 Å². The van der Waals surface area contributed by atoms with Gasteiger partial charge in [-0.2, -0.15) is 0 Å². The fourth-order valence-corrected chi connectivity index (χ4v) is 6.93. The number of aromatic nitrogens is 1. The number of hydrogen-bond donors (Lipinski definition) is 2. The molecule has 11 heteroatoms. The summed E-state index contributed by atoms with van der Waals surface area (Å²) in [6, 6.07) is 24.8. The topological polar surface area (TPSA) is 130 Å². The standard InChI is InChI=1S/C32H37N5O6.C9H12.C2H6/c1-19(2)43-27-10-8-22(13-28(27)42-4)32(41)36-15-23-16-37(18-25(24(23)17-36)30(39)35-14-29(38)33-3)31(40)21-7-9-26-20(12-21)6-5-11-34-26;1-2-6-9-7-4-3-5-8-9;1-2/h5-13,19,23-25H,14-18H2,1-4H3,(H,33,38)(H,35,39);3-5,7-8H,2,6H2,1H3;1-2H3. The van der Waals surface area contributed by atoms with Gasteiger partial charge >= 0.3 is 0 Å².